The third-order valence-electron chi connectivity index (χ3n) is 2.51. The van der Waals surface area contributed by atoms with E-state index in [1.54, 1.807) is 33.4 Å². The highest BCUT2D eigenvalue weighted by Gasteiger charge is 2.13. The summed E-state index contributed by atoms with van der Waals surface area (Å²) in [6, 6.07) is 4.97. The second-order valence-electron chi connectivity index (χ2n) is 3.72. The van der Waals surface area contributed by atoms with Crippen molar-refractivity contribution < 1.29 is 14.3 Å². The summed E-state index contributed by atoms with van der Waals surface area (Å²) in [5, 5.41) is 0. The quantitative estimate of drug-likeness (QED) is 0.637. The van der Waals surface area contributed by atoms with Gasteiger partial charge in [0, 0.05) is 19.5 Å². The normalized spacial score (nSPS) is 11.8. The van der Waals surface area contributed by atoms with Crippen LogP contribution in [0.1, 0.15) is 18.0 Å². The van der Waals surface area contributed by atoms with E-state index in [1.807, 2.05) is 6.07 Å². The zero-order chi connectivity index (χ0) is 13.5. The van der Waals surface area contributed by atoms with Crippen LogP contribution >= 0.6 is 0 Å². The number of methoxy groups -OCH3 is 2. The fourth-order valence-corrected chi connectivity index (χ4v) is 1.59. The average molecular weight is 253 g/mol. The fraction of sp³-hybridized carbons (Fsp3) is 0.417. The molecule has 0 aromatic heterocycles. The molecule has 6 nitrogen and oxygen atoms in total. The third kappa shape index (κ3) is 3.61. The molecule has 1 rings (SSSR count). The standard InChI is InChI=1S/C12H19N3O3/c1-14-15-12(16)7-9(13)8-4-5-10(17-2)11(6-8)18-3/h4-6,9,14H,7,13H2,1-3H3,(H,15,16). The molecule has 0 aliphatic rings. The molecule has 1 amide bonds. The SMILES string of the molecule is CNNC(=O)CC(N)c1ccc(OC)c(OC)c1. The van der Waals surface area contributed by atoms with Crippen LogP contribution in [0.15, 0.2) is 18.2 Å². The Morgan fingerprint density at radius 3 is 2.56 bits per heavy atom. The molecule has 0 fully saturated rings. The second kappa shape index (κ2) is 6.83. The average Bonchev–Trinajstić information content (AvgIpc) is 2.38. The van der Waals surface area contributed by atoms with Gasteiger partial charge in [0.05, 0.1) is 14.2 Å². The molecule has 1 aromatic rings. The first-order chi connectivity index (χ1) is 8.62. The summed E-state index contributed by atoms with van der Waals surface area (Å²) in [5.74, 6) is 1.06. The molecule has 0 radical (unpaired) electrons. The number of amides is 1. The third-order valence-corrected chi connectivity index (χ3v) is 2.51. The van der Waals surface area contributed by atoms with E-state index in [4.69, 9.17) is 15.2 Å². The molecule has 6 heteroatoms. The first-order valence-corrected chi connectivity index (χ1v) is 5.55. The lowest BCUT2D eigenvalue weighted by Gasteiger charge is -2.14. The monoisotopic (exact) mass is 253 g/mol. The largest absolute Gasteiger partial charge is 0.493 e. The molecular weight excluding hydrogens is 234 g/mol. The summed E-state index contributed by atoms with van der Waals surface area (Å²) in [4.78, 5) is 11.4. The van der Waals surface area contributed by atoms with Crippen LogP contribution in [-0.2, 0) is 4.79 Å². The number of nitrogens with one attached hydrogen (secondary N) is 2. The van der Waals surface area contributed by atoms with Crippen molar-refractivity contribution in [3.63, 3.8) is 0 Å². The van der Waals surface area contributed by atoms with Crippen LogP contribution in [0, 0.1) is 0 Å². The van der Waals surface area contributed by atoms with Crippen molar-refractivity contribution in [3.8, 4) is 11.5 Å². The van der Waals surface area contributed by atoms with Crippen molar-refractivity contribution in [2.24, 2.45) is 5.73 Å². The maximum atomic E-state index is 11.4. The van der Waals surface area contributed by atoms with Crippen molar-refractivity contribution in [2.75, 3.05) is 21.3 Å². The van der Waals surface area contributed by atoms with Gasteiger partial charge in [-0.05, 0) is 17.7 Å². The van der Waals surface area contributed by atoms with Crippen LogP contribution in [0.25, 0.3) is 0 Å². The van der Waals surface area contributed by atoms with Crippen LogP contribution in [0.5, 0.6) is 11.5 Å². The molecule has 18 heavy (non-hydrogen) atoms. The minimum atomic E-state index is -0.391. The van der Waals surface area contributed by atoms with E-state index >= 15 is 0 Å². The molecule has 1 aromatic carbocycles. The maximum Gasteiger partial charge on any atom is 0.235 e. The van der Waals surface area contributed by atoms with Crippen molar-refractivity contribution in [1.82, 2.24) is 10.9 Å². The van der Waals surface area contributed by atoms with Crippen LogP contribution in [0.3, 0.4) is 0 Å². The molecule has 0 bridgehead atoms. The van der Waals surface area contributed by atoms with Gasteiger partial charge in [-0.2, -0.15) is 0 Å². The van der Waals surface area contributed by atoms with Gasteiger partial charge >= 0.3 is 0 Å². The van der Waals surface area contributed by atoms with Crippen LogP contribution in [0.4, 0.5) is 0 Å². The predicted octanol–water partition coefficient (Wildman–Crippen LogP) is 0.344. The Morgan fingerprint density at radius 1 is 1.33 bits per heavy atom. The van der Waals surface area contributed by atoms with E-state index in [1.165, 1.54) is 0 Å². The predicted molar refractivity (Wildman–Crippen MR) is 68.3 cm³/mol. The molecule has 0 spiro atoms. The number of nitrogens with two attached hydrogens (primary N) is 1. The van der Waals surface area contributed by atoms with E-state index in [0.717, 1.165) is 5.56 Å². The van der Waals surface area contributed by atoms with Gasteiger partial charge in [0.2, 0.25) is 5.91 Å². The van der Waals surface area contributed by atoms with Crippen molar-refractivity contribution in [3.05, 3.63) is 23.8 Å². The van der Waals surface area contributed by atoms with Gasteiger partial charge in [-0.1, -0.05) is 6.07 Å². The number of ether oxygens (including phenoxy) is 2. The Morgan fingerprint density at radius 2 is 2.00 bits per heavy atom. The number of rotatable bonds is 6. The van der Waals surface area contributed by atoms with Gasteiger partial charge in [-0.3, -0.25) is 10.2 Å². The van der Waals surface area contributed by atoms with Gasteiger partial charge < -0.3 is 15.2 Å². The Hall–Kier alpha value is -1.79. The molecule has 0 aliphatic carbocycles. The maximum absolute atomic E-state index is 11.4. The first kappa shape index (κ1) is 14.3. The Kier molecular flexibility index (Phi) is 5.41. The molecule has 1 unspecified atom stereocenters. The van der Waals surface area contributed by atoms with E-state index in [2.05, 4.69) is 10.9 Å². The van der Waals surface area contributed by atoms with Crippen LogP contribution in [-0.4, -0.2) is 27.2 Å². The van der Waals surface area contributed by atoms with Crippen LogP contribution in [0.2, 0.25) is 0 Å². The number of hydrazine groups is 1. The molecule has 0 aliphatic heterocycles. The van der Waals surface area contributed by atoms with Gasteiger partial charge in [0.15, 0.2) is 11.5 Å². The molecule has 0 heterocycles. The number of carbonyl (C=O) groups excluding carboxylic acids is 1. The van der Waals surface area contributed by atoms with Gasteiger partial charge in [0.25, 0.3) is 0 Å². The van der Waals surface area contributed by atoms with Gasteiger partial charge in [0.1, 0.15) is 0 Å². The Labute approximate surface area is 106 Å². The molecule has 100 valence electrons. The topological polar surface area (TPSA) is 85.6 Å². The Balaban J connectivity index is 2.79. The second-order valence-corrected chi connectivity index (χ2v) is 3.72. The summed E-state index contributed by atoms with van der Waals surface area (Å²) >= 11 is 0. The lowest BCUT2D eigenvalue weighted by Crippen LogP contribution is -2.36. The minimum Gasteiger partial charge on any atom is -0.493 e. The minimum absolute atomic E-state index is 0.167. The molecule has 1 atom stereocenters. The van der Waals surface area contributed by atoms with Crippen molar-refractivity contribution in [2.45, 2.75) is 12.5 Å². The Bertz CT molecular complexity index is 410. The molecule has 4 N–H and O–H groups in total. The summed E-state index contributed by atoms with van der Waals surface area (Å²) in [5.41, 5.74) is 11.8. The summed E-state index contributed by atoms with van der Waals surface area (Å²) in [6.07, 6.45) is 0.191. The summed E-state index contributed by atoms with van der Waals surface area (Å²) in [6.45, 7) is 0. The van der Waals surface area contributed by atoms with Crippen LogP contribution < -0.4 is 26.1 Å². The highest BCUT2D eigenvalue weighted by Crippen LogP contribution is 2.30. The van der Waals surface area contributed by atoms with Crippen molar-refractivity contribution in [1.29, 1.82) is 0 Å². The zero-order valence-corrected chi connectivity index (χ0v) is 10.8. The summed E-state index contributed by atoms with van der Waals surface area (Å²) < 4.78 is 10.3. The molecule has 0 saturated heterocycles. The lowest BCUT2D eigenvalue weighted by atomic mass is 10.0. The van der Waals surface area contributed by atoms with Crippen molar-refractivity contribution >= 4 is 5.91 Å². The number of carbonyl (C=O) groups is 1. The van der Waals surface area contributed by atoms with Gasteiger partial charge in [-0.15, -0.1) is 0 Å². The summed E-state index contributed by atoms with van der Waals surface area (Å²) in [7, 11) is 4.75. The number of benzene rings is 1. The molecular formula is C12H19N3O3. The van der Waals surface area contributed by atoms with E-state index in [0.29, 0.717) is 11.5 Å². The zero-order valence-electron chi connectivity index (χ0n) is 10.8. The number of hydrogen-bond acceptors (Lipinski definition) is 5. The molecule has 0 saturated carbocycles. The lowest BCUT2D eigenvalue weighted by molar-refractivity contribution is -0.122. The van der Waals surface area contributed by atoms with Gasteiger partial charge in [-0.25, -0.2) is 5.43 Å². The highest BCUT2D eigenvalue weighted by atomic mass is 16.5. The number of hydrogen-bond donors (Lipinski definition) is 3. The van der Waals surface area contributed by atoms with E-state index in [-0.39, 0.29) is 12.3 Å². The first-order valence-electron chi connectivity index (χ1n) is 5.55. The van der Waals surface area contributed by atoms with E-state index in [9.17, 15) is 4.79 Å². The van der Waals surface area contributed by atoms with E-state index < -0.39 is 6.04 Å². The fourth-order valence-electron chi connectivity index (χ4n) is 1.59. The smallest absolute Gasteiger partial charge is 0.235 e. The highest BCUT2D eigenvalue weighted by molar-refractivity contribution is 5.76.